The van der Waals surface area contributed by atoms with Crippen molar-refractivity contribution >= 4 is 53.4 Å². The molecule has 7 aromatic rings. The predicted molar refractivity (Wildman–Crippen MR) is 137 cm³/mol. The molecule has 3 aromatic heterocycles. The molecule has 0 N–H and O–H groups in total. The summed E-state index contributed by atoms with van der Waals surface area (Å²) in [5, 5.41) is 3.80. The summed E-state index contributed by atoms with van der Waals surface area (Å²) in [5.74, 6) is 0. The lowest BCUT2D eigenvalue weighted by atomic mass is 10.0. The molecule has 4 aromatic carbocycles. The minimum absolute atomic E-state index is 1.09. The molecule has 3 heterocycles. The van der Waals surface area contributed by atoms with E-state index in [4.69, 9.17) is 0 Å². The first-order chi connectivity index (χ1) is 15.9. The fraction of sp³-hybridized carbons (Fsp3) is 0. The van der Waals surface area contributed by atoms with Crippen molar-refractivity contribution in [3.05, 3.63) is 109 Å². The molecule has 0 saturated carbocycles. The summed E-state index contributed by atoms with van der Waals surface area (Å²) >= 11 is 1.80. The van der Waals surface area contributed by atoms with Crippen molar-refractivity contribution in [3.63, 3.8) is 0 Å². The molecular weight excluding hydrogens is 408 g/mol. The fourth-order valence-corrected chi connectivity index (χ4v) is 5.83. The minimum atomic E-state index is 1.09. The number of benzene rings is 4. The molecule has 0 amide bonds. The topological polar surface area (TPSA) is 17.8 Å². The van der Waals surface area contributed by atoms with Gasteiger partial charge in [0, 0.05) is 32.7 Å². The van der Waals surface area contributed by atoms with Crippen molar-refractivity contribution in [2.24, 2.45) is 0 Å². The van der Waals surface area contributed by atoms with Gasteiger partial charge in [-0.15, -0.1) is 11.3 Å². The Labute approximate surface area is 189 Å². The summed E-state index contributed by atoms with van der Waals surface area (Å²) < 4.78 is 4.87. The fourth-order valence-electron chi connectivity index (χ4n) is 4.78. The van der Waals surface area contributed by atoms with Gasteiger partial charge in [0.25, 0.3) is 0 Å². The van der Waals surface area contributed by atoms with Gasteiger partial charge in [-0.1, -0.05) is 54.6 Å². The van der Waals surface area contributed by atoms with Crippen LogP contribution in [0.5, 0.6) is 0 Å². The molecule has 0 aliphatic rings. The van der Waals surface area contributed by atoms with Gasteiger partial charge >= 0.3 is 0 Å². The Balaban J connectivity index is 1.38. The SMILES string of the molecule is c1cnc2c(c1)sc1ccc(-c3ccc(-n4c5ccccc5c5ccccc54)cc3)cc12. The maximum Gasteiger partial charge on any atom is 0.0888 e. The van der Waals surface area contributed by atoms with E-state index in [1.54, 1.807) is 11.3 Å². The predicted octanol–water partition coefficient (Wildman–Crippen LogP) is 8.21. The second kappa shape index (κ2) is 6.78. The minimum Gasteiger partial charge on any atom is -0.309 e. The van der Waals surface area contributed by atoms with E-state index in [1.165, 1.54) is 53.4 Å². The average molecular weight is 427 g/mol. The third kappa shape index (κ3) is 2.55. The Kier molecular flexibility index (Phi) is 3.75. The number of thiophene rings is 1. The summed E-state index contributed by atoms with van der Waals surface area (Å²) in [6.07, 6.45) is 1.88. The van der Waals surface area contributed by atoms with Gasteiger partial charge in [-0.3, -0.25) is 4.98 Å². The quantitative estimate of drug-likeness (QED) is 0.272. The number of pyridine rings is 1. The van der Waals surface area contributed by atoms with E-state index in [1.807, 2.05) is 12.3 Å². The first-order valence-corrected chi connectivity index (χ1v) is 11.5. The Morgan fingerprint density at radius 2 is 1.25 bits per heavy atom. The van der Waals surface area contributed by atoms with E-state index < -0.39 is 0 Å². The maximum absolute atomic E-state index is 4.62. The number of aromatic nitrogens is 2. The van der Waals surface area contributed by atoms with Gasteiger partial charge in [0.05, 0.1) is 21.3 Å². The van der Waals surface area contributed by atoms with Crippen LogP contribution >= 0.6 is 11.3 Å². The zero-order valence-corrected chi connectivity index (χ0v) is 18.0. The van der Waals surface area contributed by atoms with Crippen LogP contribution in [0.3, 0.4) is 0 Å². The largest absolute Gasteiger partial charge is 0.309 e. The summed E-state index contributed by atoms with van der Waals surface area (Å²) in [7, 11) is 0. The Morgan fingerprint density at radius 3 is 2.00 bits per heavy atom. The highest BCUT2D eigenvalue weighted by atomic mass is 32.1. The zero-order chi connectivity index (χ0) is 21.1. The molecule has 0 bridgehead atoms. The van der Waals surface area contributed by atoms with Crippen LogP contribution in [-0.2, 0) is 0 Å². The molecule has 0 saturated heterocycles. The van der Waals surface area contributed by atoms with Gasteiger partial charge < -0.3 is 4.57 Å². The molecule has 32 heavy (non-hydrogen) atoms. The van der Waals surface area contributed by atoms with E-state index >= 15 is 0 Å². The zero-order valence-electron chi connectivity index (χ0n) is 17.2. The molecule has 0 aliphatic heterocycles. The number of hydrogen-bond donors (Lipinski definition) is 0. The molecule has 0 fully saturated rings. The molecule has 0 radical (unpaired) electrons. The molecule has 2 nitrogen and oxygen atoms in total. The second-order valence-electron chi connectivity index (χ2n) is 8.08. The van der Waals surface area contributed by atoms with Gasteiger partial charge in [-0.05, 0) is 59.7 Å². The van der Waals surface area contributed by atoms with Crippen molar-refractivity contribution in [3.8, 4) is 16.8 Å². The van der Waals surface area contributed by atoms with Crippen molar-refractivity contribution in [1.82, 2.24) is 9.55 Å². The van der Waals surface area contributed by atoms with Gasteiger partial charge in [0.2, 0.25) is 0 Å². The van der Waals surface area contributed by atoms with Crippen LogP contribution < -0.4 is 0 Å². The molecule has 0 unspecified atom stereocenters. The van der Waals surface area contributed by atoms with Crippen molar-refractivity contribution in [2.45, 2.75) is 0 Å². The number of hydrogen-bond acceptors (Lipinski definition) is 2. The molecule has 0 spiro atoms. The summed E-state index contributed by atoms with van der Waals surface area (Å²) in [5.41, 5.74) is 7.17. The van der Waals surface area contributed by atoms with E-state index in [-0.39, 0.29) is 0 Å². The van der Waals surface area contributed by atoms with E-state index in [0.29, 0.717) is 0 Å². The van der Waals surface area contributed by atoms with Crippen molar-refractivity contribution in [2.75, 3.05) is 0 Å². The highest BCUT2D eigenvalue weighted by molar-refractivity contribution is 7.25. The number of para-hydroxylation sites is 2. The van der Waals surface area contributed by atoms with Crippen LogP contribution in [0.15, 0.2) is 109 Å². The van der Waals surface area contributed by atoms with Gasteiger partial charge in [0.1, 0.15) is 0 Å². The van der Waals surface area contributed by atoms with Crippen LogP contribution in [0.4, 0.5) is 0 Å². The van der Waals surface area contributed by atoms with E-state index in [2.05, 4.69) is 107 Å². The first kappa shape index (κ1) is 17.7. The monoisotopic (exact) mass is 426 g/mol. The van der Waals surface area contributed by atoms with Crippen molar-refractivity contribution < 1.29 is 0 Å². The summed E-state index contributed by atoms with van der Waals surface area (Å²) in [6, 6.07) is 37.0. The van der Waals surface area contributed by atoms with Gasteiger partial charge in [-0.25, -0.2) is 0 Å². The van der Waals surface area contributed by atoms with Crippen LogP contribution in [-0.4, -0.2) is 9.55 Å². The van der Waals surface area contributed by atoms with Crippen LogP contribution in [0.2, 0.25) is 0 Å². The van der Waals surface area contributed by atoms with E-state index in [9.17, 15) is 0 Å². The Morgan fingerprint density at radius 1 is 0.562 bits per heavy atom. The summed E-state index contributed by atoms with van der Waals surface area (Å²) in [4.78, 5) is 4.62. The third-order valence-electron chi connectivity index (χ3n) is 6.26. The number of fused-ring (bicyclic) bond motifs is 6. The molecular formula is C29H18N2S. The first-order valence-electron chi connectivity index (χ1n) is 10.7. The molecule has 0 aliphatic carbocycles. The van der Waals surface area contributed by atoms with Gasteiger partial charge in [0.15, 0.2) is 0 Å². The van der Waals surface area contributed by atoms with Crippen LogP contribution in [0, 0.1) is 0 Å². The lowest BCUT2D eigenvalue weighted by molar-refractivity contribution is 1.18. The molecule has 3 heteroatoms. The normalized spacial score (nSPS) is 11.8. The van der Waals surface area contributed by atoms with Crippen LogP contribution in [0.1, 0.15) is 0 Å². The Hall–Kier alpha value is -3.95. The lowest BCUT2D eigenvalue weighted by Crippen LogP contribution is -1.93. The maximum atomic E-state index is 4.62. The molecule has 150 valence electrons. The Bertz CT molecular complexity index is 1720. The smallest absolute Gasteiger partial charge is 0.0888 e. The average Bonchev–Trinajstić information content (AvgIpc) is 3.40. The highest BCUT2D eigenvalue weighted by Crippen LogP contribution is 2.36. The van der Waals surface area contributed by atoms with E-state index in [0.717, 1.165) is 5.52 Å². The van der Waals surface area contributed by atoms with Crippen molar-refractivity contribution in [1.29, 1.82) is 0 Å². The number of nitrogens with zero attached hydrogens (tertiary/aromatic N) is 2. The van der Waals surface area contributed by atoms with Gasteiger partial charge in [-0.2, -0.15) is 0 Å². The van der Waals surface area contributed by atoms with Crippen LogP contribution in [0.25, 0.3) is 58.9 Å². The number of rotatable bonds is 2. The third-order valence-corrected chi connectivity index (χ3v) is 7.39. The standard InChI is InChI=1S/C29H18N2S/c1-3-8-25-22(6-1)23-7-2-4-9-26(23)31(25)21-14-11-19(12-15-21)20-13-16-27-24(18-20)29-28(32-27)10-5-17-30-29/h1-18H. The lowest BCUT2D eigenvalue weighted by Gasteiger charge is -2.09. The highest BCUT2D eigenvalue weighted by Gasteiger charge is 2.12. The second-order valence-corrected chi connectivity index (χ2v) is 9.16. The molecule has 0 atom stereocenters. The molecule has 7 rings (SSSR count). The summed E-state index contributed by atoms with van der Waals surface area (Å²) in [6.45, 7) is 0.